The molecular formula is C19H28ClN3O2. The standard InChI is InChI=1S/C19H27N3O2.ClH/c1-14(20)16-9-5-11-21(13-16)19(24)17-10-6-12-22(17)18(23)15-7-3-2-4-8-15;/h2-4,7-8,14,16-17H,5-6,9-13,20H2,1H3;1H. The van der Waals surface area contributed by atoms with Gasteiger partial charge in [-0.05, 0) is 50.7 Å². The Morgan fingerprint density at radius 1 is 1.12 bits per heavy atom. The SMILES string of the molecule is CC(N)C1CCCN(C(=O)C2CCCN2C(=O)c2ccccc2)C1.Cl. The fraction of sp³-hybridized carbons (Fsp3) is 0.579. The van der Waals surface area contributed by atoms with E-state index in [-0.39, 0.29) is 36.3 Å². The summed E-state index contributed by atoms with van der Waals surface area (Å²) in [6, 6.07) is 9.03. The van der Waals surface area contributed by atoms with Crippen LogP contribution < -0.4 is 5.73 Å². The van der Waals surface area contributed by atoms with Crippen molar-refractivity contribution in [2.24, 2.45) is 11.7 Å². The number of nitrogens with zero attached hydrogens (tertiary/aromatic N) is 2. The zero-order valence-corrected chi connectivity index (χ0v) is 15.6. The molecule has 0 spiro atoms. The van der Waals surface area contributed by atoms with Crippen molar-refractivity contribution < 1.29 is 9.59 Å². The number of hydrogen-bond acceptors (Lipinski definition) is 3. The van der Waals surface area contributed by atoms with E-state index in [4.69, 9.17) is 5.73 Å². The highest BCUT2D eigenvalue weighted by atomic mass is 35.5. The number of nitrogens with two attached hydrogens (primary N) is 1. The predicted molar refractivity (Wildman–Crippen MR) is 101 cm³/mol. The Hall–Kier alpha value is -1.59. The summed E-state index contributed by atoms with van der Waals surface area (Å²) < 4.78 is 0. The van der Waals surface area contributed by atoms with Crippen molar-refractivity contribution in [1.82, 2.24) is 9.80 Å². The first-order valence-corrected chi connectivity index (χ1v) is 8.98. The molecule has 2 amide bonds. The van der Waals surface area contributed by atoms with Crippen molar-refractivity contribution >= 4 is 24.2 Å². The number of carbonyl (C=O) groups is 2. The Kier molecular flexibility index (Phi) is 6.85. The molecule has 0 radical (unpaired) electrons. The highest BCUT2D eigenvalue weighted by molar-refractivity contribution is 5.98. The molecule has 0 bridgehead atoms. The van der Waals surface area contributed by atoms with Gasteiger partial charge in [-0.3, -0.25) is 9.59 Å². The first-order valence-electron chi connectivity index (χ1n) is 8.98. The first kappa shape index (κ1) is 19.7. The van der Waals surface area contributed by atoms with Gasteiger partial charge in [0.15, 0.2) is 0 Å². The lowest BCUT2D eigenvalue weighted by molar-refractivity contribution is -0.137. The van der Waals surface area contributed by atoms with E-state index in [1.807, 2.05) is 42.2 Å². The molecule has 0 saturated carbocycles. The second-order valence-corrected chi connectivity index (χ2v) is 7.07. The van der Waals surface area contributed by atoms with E-state index in [1.54, 1.807) is 4.90 Å². The second-order valence-electron chi connectivity index (χ2n) is 7.07. The predicted octanol–water partition coefficient (Wildman–Crippen LogP) is 2.30. The van der Waals surface area contributed by atoms with Gasteiger partial charge < -0.3 is 15.5 Å². The van der Waals surface area contributed by atoms with Crippen LogP contribution in [-0.4, -0.2) is 53.3 Å². The Balaban J connectivity index is 0.00000225. The fourth-order valence-electron chi connectivity index (χ4n) is 3.86. The summed E-state index contributed by atoms with van der Waals surface area (Å²) in [5.74, 6) is 0.428. The summed E-state index contributed by atoms with van der Waals surface area (Å²) in [5, 5.41) is 0. The molecule has 2 aliphatic heterocycles. The van der Waals surface area contributed by atoms with Gasteiger partial charge in [0.2, 0.25) is 5.91 Å². The van der Waals surface area contributed by atoms with Crippen LogP contribution in [-0.2, 0) is 4.79 Å². The minimum atomic E-state index is -0.315. The Morgan fingerprint density at radius 2 is 1.80 bits per heavy atom. The Bertz CT molecular complexity index is 594. The van der Waals surface area contributed by atoms with E-state index < -0.39 is 0 Å². The van der Waals surface area contributed by atoms with Crippen LogP contribution in [0.4, 0.5) is 0 Å². The lowest BCUT2D eigenvalue weighted by Gasteiger charge is -2.37. The molecule has 2 N–H and O–H groups in total. The van der Waals surface area contributed by atoms with Gasteiger partial charge in [0.1, 0.15) is 6.04 Å². The van der Waals surface area contributed by atoms with E-state index in [0.29, 0.717) is 18.0 Å². The lowest BCUT2D eigenvalue weighted by atomic mass is 9.91. The molecule has 3 unspecified atom stereocenters. The van der Waals surface area contributed by atoms with Crippen LogP contribution in [0.25, 0.3) is 0 Å². The molecule has 0 aromatic heterocycles. The van der Waals surface area contributed by atoms with Gasteiger partial charge in [0.25, 0.3) is 5.91 Å². The number of hydrogen-bond donors (Lipinski definition) is 1. The number of likely N-dealkylation sites (tertiary alicyclic amines) is 2. The van der Waals surface area contributed by atoms with Crippen molar-refractivity contribution in [3.8, 4) is 0 Å². The fourth-order valence-corrected chi connectivity index (χ4v) is 3.86. The summed E-state index contributed by atoms with van der Waals surface area (Å²) in [7, 11) is 0. The zero-order chi connectivity index (χ0) is 17.1. The maximum atomic E-state index is 13.0. The van der Waals surface area contributed by atoms with Crippen molar-refractivity contribution in [3.05, 3.63) is 35.9 Å². The molecule has 138 valence electrons. The Labute approximate surface area is 155 Å². The van der Waals surface area contributed by atoms with E-state index in [1.165, 1.54) is 0 Å². The van der Waals surface area contributed by atoms with E-state index in [2.05, 4.69) is 0 Å². The van der Waals surface area contributed by atoms with Gasteiger partial charge in [-0.15, -0.1) is 12.4 Å². The summed E-state index contributed by atoms with van der Waals surface area (Å²) >= 11 is 0. The molecule has 1 aromatic rings. The number of halogens is 1. The molecule has 2 heterocycles. The van der Waals surface area contributed by atoms with E-state index in [0.717, 1.165) is 38.8 Å². The molecule has 0 aliphatic carbocycles. The number of carbonyl (C=O) groups excluding carboxylic acids is 2. The topological polar surface area (TPSA) is 66.6 Å². The van der Waals surface area contributed by atoms with Crippen LogP contribution >= 0.6 is 12.4 Å². The van der Waals surface area contributed by atoms with Crippen molar-refractivity contribution in [1.29, 1.82) is 0 Å². The van der Waals surface area contributed by atoms with Gasteiger partial charge in [-0.25, -0.2) is 0 Å². The summed E-state index contributed by atoms with van der Waals surface area (Å²) in [5.41, 5.74) is 6.69. The third kappa shape index (κ3) is 4.33. The van der Waals surface area contributed by atoms with Crippen LogP contribution in [0.15, 0.2) is 30.3 Å². The van der Waals surface area contributed by atoms with Crippen molar-refractivity contribution in [3.63, 3.8) is 0 Å². The molecular weight excluding hydrogens is 338 g/mol. The molecule has 2 saturated heterocycles. The zero-order valence-electron chi connectivity index (χ0n) is 14.8. The quantitative estimate of drug-likeness (QED) is 0.893. The number of rotatable bonds is 3. The summed E-state index contributed by atoms with van der Waals surface area (Å²) in [6.45, 7) is 4.18. The summed E-state index contributed by atoms with van der Waals surface area (Å²) in [6.07, 6.45) is 3.73. The number of amides is 2. The highest BCUT2D eigenvalue weighted by Gasteiger charge is 2.38. The third-order valence-corrected chi connectivity index (χ3v) is 5.33. The lowest BCUT2D eigenvalue weighted by Crippen LogP contribution is -2.52. The maximum absolute atomic E-state index is 13.0. The average molecular weight is 366 g/mol. The summed E-state index contributed by atoms with van der Waals surface area (Å²) in [4.78, 5) is 29.4. The third-order valence-electron chi connectivity index (χ3n) is 5.33. The molecule has 3 atom stereocenters. The van der Waals surface area contributed by atoms with E-state index >= 15 is 0 Å². The van der Waals surface area contributed by atoms with Gasteiger partial charge in [-0.1, -0.05) is 18.2 Å². The number of piperidine rings is 1. The molecule has 3 rings (SSSR count). The van der Waals surface area contributed by atoms with Crippen LogP contribution in [0.5, 0.6) is 0 Å². The smallest absolute Gasteiger partial charge is 0.254 e. The van der Waals surface area contributed by atoms with Crippen LogP contribution in [0.2, 0.25) is 0 Å². The maximum Gasteiger partial charge on any atom is 0.254 e. The molecule has 1 aromatic carbocycles. The van der Waals surface area contributed by atoms with Crippen molar-refractivity contribution in [2.45, 2.75) is 44.7 Å². The van der Waals surface area contributed by atoms with Gasteiger partial charge >= 0.3 is 0 Å². The Morgan fingerprint density at radius 3 is 2.48 bits per heavy atom. The molecule has 6 heteroatoms. The molecule has 2 aliphatic rings. The minimum Gasteiger partial charge on any atom is -0.341 e. The first-order chi connectivity index (χ1) is 11.6. The molecule has 2 fully saturated rings. The average Bonchev–Trinajstić information content (AvgIpc) is 3.11. The minimum absolute atomic E-state index is 0. The highest BCUT2D eigenvalue weighted by Crippen LogP contribution is 2.25. The van der Waals surface area contributed by atoms with E-state index in [9.17, 15) is 9.59 Å². The monoisotopic (exact) mass is 365 g/mol. The second kappa shape index (κ2) is 8.68. The van der Waals surface area contributed by atoms with Gasteiger partial charge in [0.05, 0.1) is 0 Å². The van der Waals surface area contributed by atoms with Crippen LogP contribution in [0.3, 0.4) is 0 Å². The number of benzene rings is 1. The normalized spacial score (nSPS) is 24.6. The largest absolute Gasteiger partial charge is 0.341 e. The van der Waals surface area contributed by atoms with Crippen LogP contribution in [0.1, 0.15) is 43.0 Å². The van der Waals surface area contributed by atoms with Gasteiger partial charge in [-0.2, -0.15) is 0 Å². The van der Waals surface area contributed by atoms with Crippen LogP contribution in [0, 0.1) is 5.92 Å². The van der Waals surface area contributed by atoms with Gasteiger partial charge in [0, 0.05) is 31.2 Å². The molecule has 25 heavy (non-hydrogen) atoms. The molecule has 5 nitrogen and oxygen atoms in total. The van der Waals surface area contributed by atoms with Crippen molar-refractivity contribution in [2.75, 3.05) is 19.6 Å².